The van der Waals surface area contributed by atoms with E-state index in [-0.39, 0.29) is 11.1 Å². The molecule has 1 unspecified atom stereocenters. The van der Waals surface area contributed by atoms with Crippen molar-refractivity contribution in [3.05, 3.63) is 35.4 Å². The van der Waals surface area contributed by atoms with E-state index in [9.17, 15) is 22.8 Å². The first-order valence-corrected chi connectivity index (χ1v) is 5.12. The van der Waals surface area contributed by atoms with Crippen molar-refractivity contribution in [3.8, 4) is 0 Å². The maximum absolute atomic E-state index is 13.1. The van der Waals surface area contributed by atoms with E-state index in [1.54, 1.807) is 0 Å². The van der Waals surface area contributed by atoms with Crippen LogP contribution in [0, 0.1) is 5.41 Å². The fourth-order valence-corrected chi connectivity index (χ4v) is 2.18. The third-order valence-electron chi connectivity index (χ3n) is 3.12. The first kappa shape index (κ1) is 12.6. The number of hydrogen-bond donors (Lipinski definition) is 0. The molecule has 18 heavy (non-hydrogen) atoms. The molecule has 0 bridgehead atoms. The zero-order chi connectivity index (χ0) is 13.6. The fraction of sp³-hybridized carbons (Fsp3) is 0.333. The van der Waals surface area contributed by atoms with Crippen LogP contribution in [0.5, 0.6) is 0 Å². The number of methoxy groups -OCH3 is 1. The highest BCUT2D eigenvalue weighted by atomic mass is 19.4. The summed E-state index contributed by atoms with van der Waals surface area (Å²) < 4.78 is 43.6. The minimum atomic E-state index is -4.98. The first-order valence-electron chi connectivity index (χ1n) is 5.12. The molecule has 0 heterocycles. The summed E-state index contributed by atoms with van der Waals surface area (Å²) in [7, 11) is 0.839. The normalized spacial score (nSPS) is 22.8. The molecule has 0 aliphatic heterocycles. The van der Waals surface area contributed by atoms with Gasteiger partial charge in [0.05, 0.1) is 7.11 Å². The van der Waals surface area contributed by atoms with E-state index >= 15 is 0 Å². The number of carbonyl (C=O) groups is 2. The van der Waals surface area contributed by atoms with Crippen LogP contribution in [0.3, 0.4) is 0 Å². The van der Waals surface area contributed by atoms with E-state index in [4.69, 9.17) is 0 Å². The van der Waals surface area contributed by atoms with E-state index in [1.165, 1.54) is 24.3 Å². The third kappa shape index (κ3) is 1.45. The van der Waals surface area contributed by atoms with Crippen molar-refractivity contribution in [2.24, 2.45) is 5.41 Å². The van der Waals surface area contributed by atoms with E-state index < -0.39 is 29.8 Å². The van der Waals surface area contributed by atoms with Gasteiger partial charge in [0, 0.05) is 12.0 Å². The Hall–Kier alpha value is -1.85. The number of fused-ring (bicyclic) bond motifs is 1. The van der Waals surface area contributed by atoms with E-state index in [2.05, 4.69) is 4.74 Å². The Bertz CT molecular complexity index is 522. The fourth-order valence-electron chi connectivity index (χ4n) is 2.18. The van der Waals surface area contributed by atoms with E-state index in [0.717, 1.165) is 7.11 Å². The maximum atomic E-state index is 13.1. The summed E-state index contributed by atoms with van der Waals surface area (Å²) in [6.45, 7) is 0. The van der Waals surface area contributed by atoms with Crippen LogP contribution in [0.1, 0.15) is 15.9 Å². The Morgan fingerprint density at radius 2 is 1.94 bits per heavy atom. The van der Waals surface area contributed by atoms with Crippen LogP contribution in [0.2, 0.25) is 0 Å². The molecule has 1 aromatic carbocycles. The molecule has 0 fully saturated rings. The summed E-state index contributed by atoms with van der Waals surface area (Å²) in [5, 5.41) is 0. The lowest BCUT2D eigenvalue weighted by Crippen LogP contribution is -2.50. The summed E-state index contributed by atoms with van der Waals surface area (Å²) in [6.07, 6.45) is -5.67. The molecule has 6 heteroatoms. The molecule has 2 rings (SSSR count). The summed E-state index contributed by atoms with van der Waals surface area (Å²) in [5.41, 5.74) is -2.95. The number of rotatable bonds is 1. The van der Waals surface area contributed by atoms with Gasteiger partial charge in [-0.25, -0.2) is 0 Å². The molecular formula is C12H9F3O3. The van der Waals surface area contributed by atoms with E-state index in [1.807, 2.05) is 0 Å². The van der Waals surface area contributed by atoms with Gasteiger partial charge in [0.1, 0.15) is 0 Å². The second-order valence-electron chi connectivity index (χ2n) is 4.06. The second kappa shape index (κ2) is 3.83. The molecule has 0 saturated carbocycles. The van der Waals surface area contributed by atoms with Gasteiger partial charge in [0.2, 0.25) is 5.41 Å². The summed E-state index contributed by atoms with van der Waals surface area (Å²) in [5.74, 6) is -2.80. The molecular weight excluding hydrogens is 249 g/mol. The summed E-state index contributed by atoms with van der Waals surface area (Å²) >= 11 is 0. The lowest BCUT2D eigenvalue weighted by atomic mass is 9.83. The Balaban J connectivity index is 2.62. The topological polar surface area (TPSA) is 43.4 Å². The average Bonchev–Trinajstić information content (AvgIpc) is 2.63. The van der Waals surface area contributed by atoms with Crippen molar-refractivity contribution < 1.29 is 27.5 Å². The quantitative estimate of drug-likeness (QED) is 0.572. The number of benzene rings is 1. The van der Waals surface area contributed by atoms with Crippen LogP contribution in [-0.2, 0) is 16.0 Å². The number of halogens is 3. The number of esters is 1. The predicted molar refractivity (Wildman–Crippen MR) is 55.0 cm³/mol. The number of carbonyl (C=O) groups excluding carboxylic acids is 2. The lowest BCUT2D eigenvalue weighted by molar-refractivity contribution is -0.215. The molecule has 0 spiro atoms. The van der Waals surface area contributed by atoms with Crippen molar-refractivity contribution in [3.63, 3.8) is 0 Å². The molecule has 96 valence electrons. The molecule has 0 N–H and O–H groups in total. The van der Waals surface area contributed by atoms with Crippen LogP contribution in [0.4, 0.5) is 13.2 Å². The van der Waals surface area contributed by atoms with Crippen LogP contribution in [0.15, 0.2) is 24.3 Å². The standard InChI is InChI=1S/C12H9F3O3/c1-18-10(17)11(12(13,14)15)6-7-4-2-3-5-8(7)9(11)16/h2-5H,6H2,1H3. The monoisotopic (exact) mass is 258 g/mol. The predicted octanol–water partition coefficient (Wildman–Crippen LogP) is 2.15. The van der Waals surface area contributed by atoms with Gasteiger partial charge in [-0.05, 0) is 5.56 Å². The zero-order valence-corrected chi connectivity index (χ0v) is 9.38. The molecule has 1 aliphatic rings. The van der Waals surface area contributed by atoms with Crippen LogP contribution in [0.25, 0.3) is 0 Å². The first-order chi connectivity index (χ1) is 8.34. The largest absolute Gasteiger partial charge is 0.468 e. The van der Waals surface area contributed by atoms with Gasteiger partial charge < -0.3 is 4.74 Å². The van der Waals surface area contributed by atoms with Crippen molar-refractivity contribution in [1.82, 2.24) is 0 Å². The molecule has 0 saturated heterocycles. The summed E-state index contributed by atoms with van der Waals surface area (Å²) in [4.78, 5) is 23.4. The van der Waals surface area contributed by atoms with Gasteiger partial charge in [0.15, 0.2) is 5.78 Å². The highest BCUT2D eigenvalue weighted by Crippen LogP contribution is 2.49. The molecule has 1 aromatic rings. The van der Waals surface area contributed by atoms with Crippen molar-refractivity contribution >= 4 is 11.8 Å². The Labute approximate surface area is 101 Å². The molecule has 0 aromatic heterocycles. The number of ether oxygens (including phenoxy) is 1. The number of Topliss-reactive ketones (excluding diaryl/α,β-unsaturated/α-hetero) is 1. The molecule has 0 radical (unpaired) electrons. The third-order valence-corrected chi connectivity index (χ3v) is 3.12. The highest BCUT2D eigenvalue weighted by molar-refractivity contribution is 6.16. The molecule has 1 atom stereocenters. The van der Waals surface area contributed by atoms with E-state index in [0.29, 0.717) is 0 Å². The average molecular weight is 258 g/mol. The van der Waals surface area contributed by atoms with Crippen molar-refractivity contribution in [2.45, 2.75) is 12.6 Å². The molecule has 0 amide bonds. The number of hydrogen-bond acceptors (Lipinski definition) is 3. The smallest absolute Gasteiger partial charge is 0.412 e. The zero-order valence-electron chi connectivity index (χ0n) is 9.38. The second-order valence-corrected chi connectivity index (χ2v) is 4.06. The van der Waals surface area contributed by atoms with Crippen molar-refractivity contribution in [1.29, 1.82) is 0 Å². The van der Waals surface area contributed by atoms with Gasteiger partial charge >= 0.3 is 12.1 Å². The SMILES string of the molecule is COC(=O)C1(C(F)(F)F)Cc2ccccc2C1=O. The highest BCUT2D eigenvalue weighted by Gasteiger charge is 2.69. The van der Waals surface area contributed by atoms with Gasteiger partial charge in [0.25, 0.3) is 0 Å². The summed E-state index contributed by atoms with van der Waals surface area (Å²) in [6, 6.07) is 5.67. The Kier molecular flexibility index (Phi) is 2.68. The van der Waals surface area contributed by atoms with Crippen LogP contribution < -0.4 is 0 Å². The number of ketones is 1. The van der Waals surface area contributed by atoms with Crippen molar-refractivity contribution in [2.75, 3.05) is 7.11 Å². The minimum absolute atomic E-state index is 0.0692. The van der Waals surface area contributed by atoms with Crippen LogP contribution >= 0.6 is 0 Å². The Morgan fingerprint density at radius 1 is 1.33 bits per heavy atom. The minimum Gasteiger partial charge on any atom is -0.468 e. The van der Waals surface area contributed by atoms with Gasteiger partial charge in [-0.15, -0.1) is 0 Å². The van der Waals surface area contributed by atoms with Gasteiger partial charge in [-0.2, -0.15) is 13.2 Å². The molecule has 1 aliphatic carbocycles. The lowest BCUT2D eigenvalue weighted by Gasteiger charge is -2.26. The van der Waals surface area contributed by atoms with Gasteiger partial charge in [-0.3, -0.25) is 9.59 Å². The Morgan fingerprint density at radius 3 is 2.44 bits per heavy atom. The molecule has 3 nitrogen and oxygen atoms in total. The van der Waals surface area contributed by atoms with Gasteiger partial charge in [-0.1, -0.05) is 24.3 Å². The number of alkyl halides is 3. The maximum Gasteiger partial charge on any atom is 0.412 e. The van der Waals surface area contributed by atoms with Crippen LogP contribution in [-0.4, -0.2) is 25.0 Å².